The largest absolute Gasteiger partial charge is 0.356 e. The Morgan fingerprint density at radius 1 is 1.07 bits per heavy atom. The number of methoxy groups -OCH3 is 1. The van der Waals surface area contributed by atoms with Gasteiger partial charge in [0.15, 0.2) is 6.29 Å². The second-order valence-corrected chi connectivity index (χ2v) is 2.91. The van der Waals surface area contributed by atoms with Crippen molar-refractivity contribution in [2.45, 2.75) is 39.4 Å². The van der Waals surface area contributed by atoms with Gasteiger partial charge >= 0.3 is 0 Å². The van der Waals surface area contributed by atoms with E-state index in [0.29, 0.717) is 19.8 Å². The van der Waals surface area contributed by atoms with Gasteiger partial charge in [-0.3, -0.25) is 0 Å². The van der Waals surface area contributed by atoms with Crippen LogP contribution in [0.5, 0.6) is 0 Å². The predicted molar refractivity (Wildman–Crippen MR) is 53.9 cm³/mol. The Morgan fingerprint density at radius 2 is 1.79 bits per heavy atom. The van der Waals surface area contributed by atoms with Gasteiger partial charge < -0.3 is 9.47 Å². The van der Waals surface area contributed by atoms with Crippen molar-refractivity contribution < 1.29 is 19.2 Å². The van der Waals surface area contributed by atoms with Gasteiger partial charge in [0.25, 0.3) is 0 Å². The third-order valence-corrected chi connectivity index (χ3v) is 1.65. The van der Waals surface area contributed by atoms with E-state index in [1.54, 1.807) is 7.11 Å². The van der Waals surface area contributed by atoms with Crippen molar-refractivity contribution >= 4 is 0 Å². The summed E-state index contributed by atoms with van der Waals surface area (Å²) in [5, 5.41) is 0. The zero-order chi connectivity index (χ0) is 10.6. The van der Waals surface area contributed by atoms with Crippen LogP contribution in [0.1, 0.15) is 33.1 Å². The molecule has 0 fully saturated rings. The molecule has 1 atom stereocenters. The monoisotopic (exact) mass is 206 g/mol. The van der Waals surface area contributed by atoms with Crippen molar-refractivity contribution in [3.8, 4) is 0 Å². The Morgan fingerprint density at radius 3 is 2.36 bits per heavy atom. The molecule has 0 radical (unpaired) electrons. The van der Waals surface area contributed by atoms with Crippen molar-refractivity contribution in [2.24, 2.45) is 0 Å². The van der Waals surface area contributed by atoms with Gasteiger partial charge in [0.2, 0.25) is 0 Å². The number of ether oxygens (including phenoxy) is 2. The lowest BCUT2D eigenvalue weighted by atomic mass is 10.3. The Bertz CT molecular complexity index is 108. The van der Waals surface area contributed by atoms with E-state index in [4.69, 9.17) is 19.2 Å². The second kappa shape index (κ2) is 10.9. The van der Waals surface area contributed by atoms with Crippen LogP contribution in [0.15, 0.2) is 0 Å². The first-order valence-corrected chi connectivity index (χ1v) is 5.23. The Balaban J connectivity index is 3.15. The van der Waals surface area contributed by atoms with Gasteiger partial charge in [-0.1, -0.05) is 6.92 Å². The minimum absolute atomic E-state index is 0.116. The third-order valence-electron chi connectivity index (χ3n) is 1.65. The average molecular weight is 206 g/mol. The number of rotatable bonds is 10. The van der Waals surface area contributed by atoms with Crippen LogP contribution in [0.4, 0.5) is 0 Å². The normalized spacial score (nSPS) is 13.1. The smallest absolute Gasteiger partial charge is 0.157 e. The molecule has 0 rings (SSSR count). The van der Waals surface area contributed by atoms with Crippen molar-refractivity contribution in [1.82, 2.24) is 0 Å². The van der Waals surface area contributed by atoms with Crippen LogP contribution in [-0.2, 0) is 19.2 Å². The summed E-state index contributed by atoms with van der Waals surface area (Å²) in [7, 11) is 1.65. The lowest BCUT2D eigenvalue weighted by Crippen LogP contribution is -2.15. The maximum absolute atomic E-state index is 5.30. The van der Waals surface area contributed by atoms with Crippen LogP contribution in [0.2, 0.25) is 0 Å². The van der Waals surface area contributed by atoms with Crippen molar-refractivity contribution in [2.75, 3.05) is 26.9 Å². The molecule has 14 heavy (non-hydrogen) atoms. The Hall–Kier alpha value is -0.160. The summed E-state index contributed by atoms with van der Waals surface area (Å²) in [6.07, 6.45) is 2.57. The summed E-state index contributed by atoms with van der Waals surface area (Å²) >= 11 is 0. The number of hydrogen-bond donors (Lipinski definition) is 0. The molecule has 1 unspecified atom stereocenters. The molecule has 86 valence electrons. The fraction of sp³-hybridized carbons (Fsp3) is 1.00. The molecule has 0 aliphatic rings. The standard InChI is InChI=1S/C10H22O4/c1-4-8-13-14-9-6-7-10(11-3)12-5-2/h10H,4-9H2,1-3H3. The molecule has 0 aromatic rings. The molecule has 0 saturated carbocycles. The van der Waals surface area contributed by atoms with Crippen molar-refractivity contribution in [3.63, 3.8) is 0 Å². The van der Waals surface area contributed by atoms with Crippen LogP contribution >= 0.6 is 0 Å². The molecule has 0 amide bonds. The summed E-state index contributed by atoms with van der Waals surface area (Å²) in [6, 6.07) is 0. The van der Waals surface area contributed by atoms with Crippen LogP contribution in [0, 0.1) is 0 Å². The molecule has 0 bridgehead atoms. The van der Waals surface area contributed by atoms with E-state index in [-0.39, 0.29) is 6.29 Å². The van der Waals surface area contributed by atoms with E-state index < -0.39 is 0 Å². The fourth-order valence-corrected chi connectivity index (χ4v) is 0.965. The summed E-state index contributed by atoms with van der Waals surface area (Å²) in [5.74, 6) is 0. The zero-order valence-corrected chi connectivity index (χ0v) is 9.45. The van der Waals surface area contributed by atoms with Gasteiger partial charge in [0, 0.05) is 20.1 Å². The Labute approximate surface area is 86.4 Å². The van der Waals surface area contributed by atoms with E-state index in [9.17, 15) is 0 Å². The highest BCUT2D eigenvalue weighted by Gasteiger charge is 2.05. The van der Waals surface area contributed by atoms with Crippen LogP contribution < -0.4 is 0 Å². The molecule has 0 heterocycles. The first-order valence-electron chi connectivity index (χ1n) is 5.23. The molecule has 4 heteroatoms. The molecule has 0 aromatic carbocycles. The van der Waals surface area contributed by atoms with Gasteiger partial charge in [0.1, 0.15) is 0 Å². The molecule has 0 aliphatic heterocycles. The first-order chi connectivity index (χ1) is 6.85. The van der Waals surface area contributed by atoms with E-state index in [1.165, 1.54) is 0 Å². The van der Waals surface area contributed by atoms with Crippen molar-refractivity contribution in [1.29, 1.82) is 0 Å². The number of hydrogen-bond acceptors (Lipinski definition) is 4. The van der Waals surface area contributed by atoms with Gasteiger partial charge in [-0.15, -0.1) is 0 Å². The predicted octanol–water partition coefficient (Wildman–Crippen LogP) is 2.13. The topological polar surface area (TPSA) is 36.9 Å². The molecular weight excluding hydrogens is 184 g/mol. The molecule has 4 nitrogen and oxygen atoms in total. The van der Waals surface area contributed by atoms with Gasteiger partial charge in [-0.25, -0.2) is 9.78 Å². The van der Waals surface area contributed by atoms with Crippen molar-refractivity contribution in [3.05, 3.63) is 0 Å². The van der Waals surface area contributed by atoms with E-state index in [1.807, 2.05) is 13.8 Å². The minimum Gasteiger partial charge on any atom is -0.356 e. The van der Waals surface area contributed by atoms with Gasteiger partial charge in [-0.2, -0.15) is 0 Å². The zero-order valence-electron chi connectivity index (χ0n) is 9.45. The molecular formula is C10H22O4. The van der Waals surface area contributed by atoms with Gasteiger partial charge in [-0.05, 0) is 19.8 Å². The molecule has 0 spiro atoms. The summed E-state index contributed by atoms with van der Waals surface area (Å²) in [5.41, 5.74) is 0. The molecule has 0 N–H and O–H groups in total. The van der Waals surface area contributed by atoms with Crippen LogP contribution in [0.25, 0.3) is 0 Å². The first kappa shape index (κ1) is 13.8. The van der Waals surface area contributed by atoms with Crippen LogP contribution in [0.3, 0.4) is 0 Å². The lowest BCUT2D eigenvalue weighted by Gasteiger charge is -2.14. The highest BCUT2D eigenvalue weighted by molar-refractivity contribution is 4.43. The third kappa shape index (κ3) is 8.44. The summed E-state index contributed by atoms with van der Waals surface area (Å²) in [4.78, 5) is 9.81. The van der Waals surface area contributed by atoms with Gasteiger partial charge in [0.05, 0.1) is 13.2 Å². The highest BCUT2D eigenvalue weighted by Crippen LogP contribution is 2.03. The fourth-order valence-electron chi connectivity index (χ4n) is 0.965. The SMILES string of the molecule is CCCOOCCCC(OC)OCC. The average Bonchev–Trinajstić information content (AvgIpc) is 2.21. The maximum Gasteiger partial charge on any atom is 0.157 e. The quantitative estimate of drug-likeness (QED) is 0.237. The van der Waals surface area contributed by atoms with E-state index >= 15 is 0 Å². The van der Waals surface area contributed by atoms with Crippen LogP contribution in [-0.4, -0.2) is 33.2 Å². The van der Waals surface area contributed by atoms with E-state index in [2.05, 4.69) is 0 Å². The molecule has 0 aromatic heterocycles. The second-order valence-electron chi connectivity index (χ2n) is 2.91. The lowest BCUT2D eigenvalue weighted by molar-refractivity contribution is -0.296. The molecule has 0 saturated heterocycles. The maximum atomic E-state index is 5.30. The summed E-state index contributed by atoms with van der Waals surface area (Å²) in [6.45, 7) is 5.91. The summed E-state index contributed by atoms with van der Waals surface area (Å²) < 4.78 is 10.4. The minimum atomic E-state index is -0.116. The molecule has 0 aliphatic carbocycles. The van der Waals surface area contributed by atoms with E-state index in [0.717, 1.165) is 19.3 Å². The Kier molecular flexibility index (Phi) is 10.8. The highest BCUT2D eigenvalue weighted by atomic mass is 17.2.